The van der Waals surface area contributed by atoms with Crippen molar-refractivity contribution in [2.45, 2.75) is 26.4 Å². The lowest BCUT2D eigenvalue weighted by Gasteiger charge is -2.26. The van der Waals surface area contributed by atoms with E-state index in [0.29, 0.717) is 30.4 Å². The Bertz CT molecular complexity index is 499. The highest BCUT2D eigenvalue weighted by Crippen LogP contribution is 2.07. The molecule has 2 heterocycles. The topological polar surface area (TPSA) is 84.4 Å². The van der Waals surface area contributed by atoms with Crippen LogP contribution in [0.2, 0.25) is 5.15 Å². The molecule has 0 spiro atoms. The van der Waals surface area contributed by atoms with E-state index in [-0.39, 0.29) is 11.5 Å². The summed E-state index contributed by atoms with van der Waals surface area (Å²) < 4.78 is 4.55. The Morgan fingerprint density at radius 3 is 2.45 bits per heavy atom. The minimum atomic E-state index is -0.318. The van der Waals surface area contributed by atoms with Gasteiger partial charge in [0.1, 0.15) is 22.8 Å². The monoisotopic (exact) mass is 328 g/mol. The molecule has 1 amide bonds. The summed E-state index contributed by atoms with van der Waals surface area (Å²) in [6, 6.07) is 1.49. The van der Waals surface area contributed by atoms with Gasteiger partial charge in [-0.3, -0.25) is 9.59 Å². The lowest BCUT2D eigenvalue weighted by Crippen LogP contribution is -2.46. The van der Waals surface area contributed by atoms with Gasteiger partial charge in [-0.25, -0.2) is 9.97 Å². The highest BCUT2D eigenvalue weighted by Gasteiger charge is 2.19. The SMILES string of the molecule is CC(C)(C)OC=O.O=C(c1cc(Cl)ncn1)N1CCNCC1. The second-order valence-electron chi connectivity index (χ2n) is 5.59. The number of ether oxygens (including phenoxy) is 1. The van der Waals surface area contributed by atoms with Gasteiger partial charge < -0.3 is 15.0 Å². The number of rotatable bonds is 2. The minimum Gasteiger partial charge on any atom is -0.462 e. The molecule has 1 aromatic heterocycles. The van der Waals surface area contributed by atoms with Crippen molar-refractivity contribution in [3.8, 4) is 0 Å². The van der Waals surface area contributed by atoms with E-state index in [0.717, 1.165) is 13.1 Å². The molecule has 2 rings (SSSR count). The van der Waals surface area contributed by atoms with Crippen molar-refractivity contribution >= 4 is 24.0 Å². The molecule has 1 aliphatic heterocycles. The van der Waals surface area contributed by atoms with Gasteiger partial charge in [-0.05, 0) is 20.8 Å². The molecule has 8 heteroatoms. The highest BCUT2D eigenvalue weighted by molar-refractivity contribution is 6.29. The van der Waals surface area contributed by atoms with E-state index in [4.69, 9.17) is 11.6 Å². The van der Waals surface area contributed by atoms with Crippen molar-refractivity contribution in [3.63, 3.8) is 0 Å². The number of aromatic nitrogens is 2. The Labute approximate surface area is 135 Å². The van der Waals surface area contributed by atoms with Crippen LogP contribution < -0.4 is 5.32 Å². The second-order valence-corrected chi connectivity index (χ2v) is 5.98. The molecule has 7 nitrogen and oxygen atoms in total. The molecule has 0 aliphatic carbocycles. The molecule has 0 unspecified atom stereocenters. The van der Waals surface area contributed by atoms with Crippen molar-refractivity contribution in [2.75, 3.05) is 26.2 Å². The molecule has 1 aliphatic rings. The van der Waals surface area contributed by atoms with Gasteiger partial charge in [-0.2, -0.15) is 0 Å². The van der Waals surface area contributed by atoms with Gasteiger partial charge in [0.15, 0.2) is 0 Å². The Balaban J connectivity index is 0.000000295. The lowest BCUT2D eigenvalue weighted by atomic mass is 10.2. The van der Waals surface area contributed by atoms with Crippen LogP contribution in [-0.2, 0) is 9.53 Å². The maximum absolute atomic E-state index is 11.9. The standard InChI is InChI=1S/C9H11ClN4O.C5H10O2/c10-8-5-7(12-6-13-8)9(15)14-3-1-11-2-4-14;1-5(2,3)7-4-6/h5-6,11H,1-4H2;4H,1-3H3. The Hall–Kier alpha value is -1.73. The van der Waals surface area contributed by atoms with Gasteiger partial charge in [0.25, 0.3) is 12.4 Å². The molecule has 22 heavy (non-hydrogen) atoms. The molecular formula is C14H21ClN4O3. The Kier molecular flexibility index (Phi) is 7.20. The first-order valence-corrected chi connectivity index (χ1v) is 7.30. The number of hydrogen-bond acceptors (Lipinski definition) is 6. The zero-order chi connectivity index (χ0) is 16.6. The maximum Gasteiger partial charge on any atom is 0.293 e. The normalized spacial score (nSPS) is 14.6. The Morgan fingerprint density at radius 1 is 1.36 bits per heavy atom. The third-order valence-corrected chi connectivity index (χ3v) is 2.87. The van der Waals surface area contributed by atoms with E-state index in [9.17, 15) is 9.59 Å². The molecule has 0 bridgehead atoms. The number of piperazine rings is 1. The maximum atomic E-state index is 11.9. The molecule has 0 saturated carbocycles. The molecule has 0 atom stereocenters. The first-order chi connectivity index (χ1) is 10.3. The van der Waals surface area contributed by atoms with Crippen LogP contribution in [0, 0.1) is 0 Å². The van der Waals surface area contributed by atoms with Gasteiger partial charge in [0.05, 0.1) is 0 Å². The molecule has 1 aromatic rings. The molecule has 1 fully saturated rings. The number of carbonyl (C=O) groups excluding carboxylic acids is 2. The van der Waals surface area contributed by atoms with Crippen LogP contribution >= 0.6 is 11.6 Å². The van der Waals surface area contributed by atoms with Crippen LogP contribution in [0.25, 0.3) is 0 Å². The number of nitrogens with zero attached hydrogens (tertiary/aromatic N) is 3. The van der Waals surface area contributed by atoms with Crippen LogP contribution in [0.3, 0.4) is 0 Å². The van der Waals surface area contributed by atoms with Crippen molar-refractivity contribution < 1.29 is 14.3 Å². The van der Waals surface area contributed by atoms with Crippen LogP contribution in [0.4, 0.5) is 0 Å². The summed E-state index contributed by atoms with van der Waals surface area (Å²) >= 11 is 5.69. The van der Waals surface area contributed by atoms with Crippen LogP contribution in [0.15, 0.2) is 12.4 Å². The molecule has 1 N–H and O–H groups in total. The highest BCUT2D eigenvalue weighted by atomic mass is 35.5. The number of carbonyl (C=O) groups is 2. The quantitative estimate of drug-likeness (QED) is 0.647. The van der Waals surface area contributed by atoms with Gasteiger partial charge >= 0.3 is 0 Å². The smallest absolute Gasteiger partial charge is 0.293 e. The first kappa shape index (κ1) is 18.3. The summed E-state index contributed by atoms with van der Waals surface area (Å²) in [5.74, 6) is -0.0826. The molecular weight excluding hydrogens is 308 g/mol. The molecule has 1 saturated heterocycles. The van der Waals surface area contributed by atoms with Gasteiger partial charge in [0.2, 0.25) is 0 Å². The van der Waals surface area contributed by atoms with Gasteiger partial charge in [0, 0.05) is 32.2 Å². The van der Waals surface area contributed by atoms with Gasteiger partial charge in [-0.15, -0.1) is 0 Å². The zero-order valence-electron chi connectivity index (χ0n) is 13.0. The summed E-state index contributed by atoms with van der Waals surface area (Å²) in [7, 11) is 0. The number of halogens is 1. The molecule has 122 valence electrons. The van der Waals surface area contributed by atoms with E-state index in [1.54, 1.807) is 4.90 Å². The van der Waals surface area contributed by atoms with Crippen molar-refractivity contribution in [1.82, 2.24) is 20.2 Å². The molecule has 0 aromatic carbocycles. The summed E-state index contributed by atoms with van der Waals surface area (Å²) in [6.45, 7) is 8.99. The fourth-order valence-corrected chi connectivity index (χ4v) is 1.77. The Morgan fingerprint density at radius 2 is 2.00 bits per heavy atom. The van der Waals surface area contributed by atoms with E-state index in [1.165, 1.54) is 12.4 Å². The summed E-state index contributed by atoms with van der Waals surface area (Å²) in [4.78, 5) is 30.9. The zero-order valence-corrected chi connectivity index (χ0v) is 13.8. The number of amides is 1. The summed E-state index contributed by atoms with van der Waals surface area (Å²) in [6.07, 6.45) is 1.30. The second kappa shape index (κ2) is 8.65. The number of nitrogens with one attached hydrogen (secondary N) is 1. The lowest BCUT2D eigenvalue weighted by molar-refractivity contribution is -0.138. The van der Waals surface area contributed by atoms with Crippen molar-refractivity contribution in [2.24, 2.45) is 0 Å². The predicted molar refractivity (Wildman–Crippen MR) is 82.7 cm³/mol. The van der Waals surface area contributed by atoms with Crippen molar-refractivity contribution in [3.05, 3.63) is 23.2 Å². The average Bonchev–Trinajstić information content (AvgIpc) is 2.47. The fourth-order valence-electron chi connectivity index (χ4n) is 1.62. The minimum absolute atomic E-state index is 0.0826. The summed E-state index contributed by atoms with van der Waals surface area (Å²) in [5.41, 5.74) is 0.0405. The van der Waals surface area contributed by atoms with Crippen LogP contribution in [-0.4, -0.2) is 59.0 Å². The van der Waals surface area contributed by atoms with Crippen LogP contribution in [0.1, 0.15) is 31.3 Å². The van der Waals surface area contributed by atoms with E-state index >= 15 is 0 Å². The van der Waals surface area contributed by atoms with Crippen LogP contribution in [0.5, 0.6) is 0 Å². The van der Waals surface area contributed by atoms with E-state index in [1.807, 2.05) is 20.8 Å². The summed E-state index contributed by atoms with van der Waals surface area (Å²) in [5, 5.41) is 3.47. The first-order valence-electron chi connectivity index (χ1n) is 6.92. The van der Waals surface area contributed by atoms with E-state index < -0.39 is 0 Å². The van der Waals surface area contributed by atoms with E-state index in [2.05, 4.69) is 20.0 Å². The third-order valence-electron chi connectivity index (χ3n) is 2.66. The average molecular weight is 329 g/mol. The number of hydrogen-bond donors (Lipinski definition) is 1. The largest absolute Gasteiger partial charge is 0.462 e. The van der Waals surface area contributed by atoms with Crippen molar-refractivity contribution in [1.29, 1.82) is 0 Å². The fraction of sp³-hybridized carbons (Fsp3) is 0.571. The van der Waals surface area contributed by atoms with Gasteiger partial charge in [-0.1, -0.05) is 11.6 Å². The molecule has 0 radical (unpaired) electrons. The third kappa shape index (κ3) is 6.82. The predicted octanol–water partition coefficient (Wildman–Crippen LogP) is 1.13.